The summed E-state index contributed by atoms with van der Waals surface area (Å²) in [6, 6.07) is 12.1. The summed E-state index contributed by atoms with van der Waals surface area (Å²) in [6.45, 7) is 5.03. The number of aryl methyl sites for hydroxylation is 1. The summed E-state index contributed by atoms with van der Waals surface area (Å²) < 4.78 is 13.3. The van der Waals surface area contributed by atoms with E-state index in [-0.39, 0.29) is 36.4 Å². The van der Waals surface area contributed by atoms with Crippen molar-refractivity contribution >= 4 is 40.6 Å². The summed E-state index contributed by atoms with van der Waals surface area (Å²) in [5.74, 6) is -0.00423. The summed E-state index contributed by atoms with van der Waals surface area (Å²) >= 11 is 7.08. The first kappa shape index (κ1) is 28.2. The number of piperidine rings is 1. The highest BCUT2D eigenvalue weighted by Crippen LogP contribution is 2.26. The monoisotopic (exact) mass is 586 g/mol. The van der Waals surface area contributed by atoms with Crippen molar-refractivity contribution in [2.45, 2.75) is 32.0 Å². The molecule has 2 amide bonds. The zero-order valence-electron chi connectivity index (χ0n) is 22.0. The number of pyridine rings is 1. The van der Waals surface area contributed by atoms with Gasteiger partial charge in [0.1, 0.15) is 12.7 Å². The summed E-state index contributed by atoms with van der Waals surface area (Å²) in [4.78, 5) is 42.3. The van der Waals surface area contributed by atoms with Crippen LogP contribution < -0.4 is 20.5 Å². The Kier molecular flexibility index (Phi) is 8.75. The lowest BCUT2D eigenvalue weighted by atomic mass is 10.1. The van der Waals surface area contributed by atoms with Gasteiger partial charge in [0.15, 0.2) is 5.75 Å². The maximum absolute atomic E-state index is 13.2. The summed E-state index contributed by atoms with van der Waals surface area (Å²) in [6.07, 6.45) is 1.97. The maximum atomic E-state index is 13.2. The third-order valence-electron chi connectivity index (χ3n) is 7.05. The minimum atomic E-state index is -0.502. The number of cyclic esters (lactones) is 1. The number of carbonyl (C=O) groups excluding carboxylic acids is 2. The van der Waals surface area contributed by atoms with Gasteiger partial charge in [-0.25, -0.2) is 4.79 Å². The van der Waals surface area contributed by atoms with E-state index in [0.29, 0.717) is 33.7 Å². The number of nitrogens with zero attached hydrogens (tertiary/aromatic N) is 3. The number of nitrogens with one attached hydrogen (secondary N) is 1. The molecule has 0 spiro atoms. The van der Waals surface area contributed by atoms with E-state index in [1.165, 1.54) is 20.8 Å². The number of carbonyl (C=O) groups is 2. The molecule has 1 aromatic carbocycles. The minimum Gasteiger partial charge on any atom is -0.487 e. The molecule has 2 aliphatic rings. The van der Waals surface area contributed by atoms with Gasteiger partial charge in [-0.15, -0.1) is 11.3 Å². The second-order valence-corrected chi connectivity index (χ2v) is 11.6. The van der Waals surface area contributed by atoms with Gasteiger partial charge in [-0.3, -0.25) is 24.0 Å². The lowest BCUT2D eigenvalue weighted by Crippen LogP contribution is -2.38. The molecule has 2 N–H and O–H groups in total. The van der Waals surface area contributed by atoms with E-state index in [1.807, 2.05) is 13.0 Å². The summed E-state index contributed by atoms with van der Waals surface area (Å²) in [5, 5.41) is 12.4. The number of aliphatic hydroxyl groups excluding tert-OH is 1. The molecule has 5 rings (SSSR count). The van der Waals surface area contributed by atoms with Crippen LogP contribution in [0.4, 0.5) is 10.5 Å². The molecule has 2 aliphatic heterocycles. The molecule has 12 heteroatoms. The fourth-order valence-electron chi connectivity index (χ4n) is 4.85. The van der Waals surface area contributed by atoms with Crippen LogP contribution in [0.2, 0.25) is 4.34 Å². The molecule has 40 heavy (non-hydrogen) atoms. The van der Waals surface area contributed by atoms with Crippen molar-refractivity contribution in [3.8, 4) is 11.4 Å². The smallest absolute Gasteiger partial charge is 0.414 e. The Labute approximate surface area is 240 Å². The Morgan fingerprint density at radius 1 is 1.20 bits per heavy atom. The van der Waals surface area contributed by atoms with Crippen LogP contribution in [0, 0.1) is 6.92 Å². The Bertz CT molecular complexity index is 1430. The Hall–Kier alpha value is -3.38. The Morgan fingerprint density at radius 3 is 2.73 bits per heavy atom. The predicted molar refractivity (Wildman–Crippen MR) is 153 cm³/mol. The third kappa shape index (κ3) is 6.49. The van der Waals surface area contributed by atoms with Crippen LogP contribution >= 0.6 is 22.9 Å². The highest BCUT2D eigenvalue weighted by molar-refractivity contribution is 7.18. The fraction of sp³-hybridized carbons (Fsp3) is 0.393. The van der Waals surface area contributed by atoms with E-state index in [9.17, 15) is 19.5 Å². The molecule has 0 unspecified atom stereocenters. The van der Waals surface area contributed by atoms with Crippen molar-refractivity contribution in [3.05, 3.63) is 73.8 Å². The van der Waals surface area contributed by atoms with Crippen LogP contribution in [0.25, 0.3) is 5.69 Å². The van der Waals surface area contributed by atoms with E-state index >= 15 is 0 Å². The van der Waals surface area contributed by atoms with Crippen LogP contribution in [0.5, 0.6) is 5.75 Å². The van der Waals surface area contributed by atoms with Crippen LogP contribution in [0.1, 0.15) is 28.1 Å². The third-order valence-corrected chi connectivity index (χ3v) is 8.28. The van der Waals surface area contributed by atoms with Gasteiger partial charge in [0, 0.05) is 31.5 Å². The van der Waals surface area contributed by atoms with Gasteiger partial charge in [0.25, 0.3) is 11.5 Å². The highest BCUT2D eigenvalue weighted by atomic mass is 35.5. The van der Waals surface area contributed by atoms with Gasteiger partial charge in [-0.05, 0) is 67.8 Å². The van der Waals surface area contributed by atoms with E-state index in [2.05, 4.69) is 10.2 Å². The number of rotatable bonds is 9. The molecule has 3 aromatic rings. The number of ether oxygens (including phenoxy) is 2. The average Bonchev–Trinajstić information content (AvgIpc) is 3.55. The van der Waals surface area contributed by atoms with Gasteiger partial charge in [-0.2, -0.15) is 0 Å². The number of amides is 2. The van der Waals surface area contributed by atoms with Crippen LogP contribution in [-0.4, -0.2) is 78.1 Å². The number of hydrogen-bond donors (Lipinski definition) is 2. The molecule has 2 aromatic heterocycles. The number of benzene rings is 1. The van der Waals surface area contributed by atoms with Gasteiger partial charge >= 0.3 is 6.09 Å². The first-order valence-electron chi connectivity index (χ1n) is 13.2. The van der Waals surface area contributed by atoms with Gasteiger partial charge < -0.3 is 19.9 Å². The van der Waals surface area contributed by atoms with Crippen molar-refractivity contribution in [1.29, 1.82) is 0 Å². The molecule has 1 atom stereocenters. The number of aromatic nitrogens is 1. The van der Waals surface area contributed by atoms with Crippen LogP contribution in [-0.2, 0) is 4.74 Å². The second kappa shape index (κ2) is 12.4. The highest BCUT2D eigenvalue weighted by Gasteiger charge is 2.33. The molecule has 212 valence electrons. The van der Waals surface area contributed by atoms with Crippen molar-refractivity contribution < 1.29 is 24.2 Å². The molecule has 2 saturated heterocycles. The summed E-state index contributed by atoms with van der Waals surface area (Å²) in [7, 11) is 0. The summed E-state index contributed by atoms with van der Waals surface area (Å²) in [5.41, 5.74) is 1.84. The maximum Gasteiger partial charge on any atom is 0.414 e. The second-order valence-electron chi connectivity index (χ2n) is 9.87. The quantitative estimate of drug-likeness (QED) is 0.395. The van der Waals surface area contributed by atoms with Crippen molar-refractivity contribution in [2.75, 3.05) is 44.2 Å². The molecule has 0 radical (unpaired) electrons. The van der Waals surface area contributed by atoms with Crippen molar-refractivity contribution in [1.82, 2.24) is 14.8 Å². The molecule has 10 nitrogen and oxygen atoms in total. The minimum absolute atomic E-state index is 0.176. The van der Waals surface area contributed by atoms with Crippen LogP contribution in [0.3, 0.4) is 0 Å². The topological polar surface area (TPSA) is 113 Å². The lowest BCUT2D eigenvalue weighted by molar-refractivity contribution is 0.0753. The van der Waals surface area contributed by atoms with Crippen LogP contribution in [0.15, 0.2) is 53.5 Å². The molecule has 2 fully saturated rings. The number of anilines is 1. The van der Waals surface area contributed by atoms with Gasteiger partial charge in [-0.1, -0.05) is 11.6 Å². The zero-order chi connectivity index (χ0) is 28.2. The molecular weight excluding hydrogens is 556 g/mol. The average molecular weight is 587 g/mol. The van der Waals surface area contributed by atoms with Gasteiger partial charge in [0.2, 0.25) is 0 Å². The molecule has 4 heterocycles. The van der Waals surface area contributed by atoms with E-state index in [4.69, 9.17) is 21.1 Å². The number of hydrogen-bond acceptors (Lipinski definition) is 8. The number of thiophene rings is 1. The number of halogens is 1. The lowest BCUT2D eigenvalue weighted by Gasteiger charge is -2.29. The Morgan fingerprint density at radius 2 is 2.00 bits per heavy atom. The molecule has 0 saturated carbocycles. The first-order chi connectivity index (χ1) is 19.3. The van der Waals surface area contributed by atoms with E-state index < -0.39 is 12.2 Å². The number of aliphatic hydroxyl groups is 1. The normalized spacial score (nSPS) is 18.1. The largest absolute Gasteiger partial charge is 0.487 e. The fourth-order valence-corrected chi connectivity index (χ4v) is 5.81. The van der Waals surface area contributed by atoms with E-state index in [1.54, 1.807) is 42.6 Å². The predicted octanol–water partition coefficient (Wildman–Crippen LogP) is 3.45. The molecule has 0 bridgehead atoms. The SMILES string of the molecule is Cc1cc(N2C[C@H](CNC(=O)c3ccc(Cl)s3)OC2=O)ccc1-n1cccc(OCCN2CCC(O)CC2)c1=O. The van der Waals surface area contributed by atoms with E-state index in [0.717, 1.165) is 31.5 Å². The standard InChI is InChI=1S/C28H31ClN4O6S/c1-18-15-19(33-17-21(39-28(33)37)16-30-26(35)24-6-7-25(29)40-24)4-5-22(18)32-10-2-3-23(27(32)36)38-14-13-31-11-8-20(34)9-12-31/h2-7,10,15,20-21,34H,8-9,11-14,16-17H2,1H3,(H,30,35)/t21-/m0/s1. The van der Waals surface area contributed by atoms with Crippen molar-refractivity contribution in [3.63, 3.8) is 0 Å². The molecule has 0 aliphatic carbocycles. The van der Waals surface area contributed by atoms with Crippen molar-refractivity contribution in [2.24, 2.45) is 0 Å². The Balaban J connectivity index is 1.20. The zero-order valence-corrected chi connectivity index (χ0v) is 23.6. The molecular formula is C28H31ClN4O6S. The van der Waals surface area contributed by atoms with Gasteiger partial charge in [0.05, 0.1) is 34.1 Å². The number of likely N-dealkylation sites (tertiary alicyclic amines) is 1. The first-order valence-corrected chi connectivity index (χ1v) is 14.4.